The summed E-state index contributed by atoms with van der Waals surface area (Å²) in [6.07, 6.45) is -1.98. The third kappa shape index (κ3) is 12.9. The molecule has 2 atom stereocenters. The zero-order chi connectivity index (χ0) is 33.7. The van der Waals surface area contributed by atoms with Crippen molar-refractivity contribution in [2.45, 2.75) is 39.9 Å². The van der Waals surface area contributed by atoms with Crippen LogP contribution in [0.15, 0.2) is 0 Å². The van der Waals surface area contributed by atoms with Crippen molar-refractivity contribution in [2.24, 2.45) is 0 Å². The van der Waals surface area contributed by atoms with Crippen LogP contribution in [0.25, 0.3) is 0 Å². The summed E-state index contributed by atoms with van der Waals surface area (Å²) < 4.78 is 25.9. The summed E-state index contributed by atoms with van der Waals surface area (Å²) in [6, 6.07) is 0. The predicted molar refractivity (Wildman–Crippen MR) is 179 cm³/mol. The second-order valence-corrected chi connectivity index (χ2v) is 12.2. The minimum atomic E-state index is -0.997. The van der Waals surface area contributed by atoms with Gasteiger partial charge in [-0.25, -0.2) is 0 Å². The van der Waals surface area contributed by atoms with Gasteiger partial charge in [0, 0.05) is 45.4 Å². The number of ether oxygens (including phenoxy) is 5. The van der Waals surface area contributed by atoms with Gasteiger partial charge >= 0.3 is 23.9 Å². The molecule has 0 aliphatic heterocycles. The average molecular weight is 959 g/mol. The standard InChI is InChI=1S/C26H32I3N3O12/c1-12(33)41-9-16(43-14(3)35)7-30-25(38)19-21(27)20(23(29)24(22(19)28)31-18(37)11-40-6)26(39)32(5)8-17(44-15(4)36)10-42-13(2)34/h16-17H,7-11H2,1-6H3,(H,30,38)(H,31,37)/t16-,17+/m0/s1. The molecule has 0 saturated carbocycles. The maximum absolute atomic E-state index is 13.8. The van der Waals surface area contributed by atoms with E-state index < -0.39 is 53.8 Å². The van der Waals surface area contributed by atoms with Crippen molar-refractivity contribution < 1.29 is 57.2 Å². The summed E-state index contributed by atoms with van der Waals surface area (Å²) in [5, 5.41) is 5.30. The van der Waals surface area contributed by atoms with Crippen molar-refractivity contribution in [1.29, 1.82) is 0 Å². The molecule has 0 heterocycles. The van der Waals surface area contributed by atoms with E-state index in [1.165, 1.54) is 39.8 Å². The number of amides is 3. The van der Waals surface area contributed by atoms with Crippen molar-refractivity contribution in [3.05, 3.63) is 21.8 Å². The van der Waals surface area contributed by atoms with Gasteiger partial charge in [-0.1, -0.05) is 0 Å². The molecule has 0 saturated heterocycles. The number of esters is 4. The number of hydrogen-bond acceptors (Lipinski definition) is 12. The fourth-order valence-electron chi connectivity index (χ4n) is 3.49. The van der Waals surface area contributed by atoms with Crippen LogP contribution in [0.1, 0.15) is 48.4 Å². The lowest BCUT2D eigenvalue weighted by atomic mass is 10.1. The molecule has 3 amide bonds. The number of likely N-dealkylation sites (N-methyl/N-ethyl adjacent to an activating group) is 1. The summed E-state index contributed by atoms with van der Waals surface area (Å²) in [7, 11) is 2.76. The van der Waals surface area contributed by atoms with Crippen LogP contribution in [0.4, 0.5) is 5.69 Å². The van der Waals surface area contributed by atoms with Gasteiger partial charge in [0.25, 0.3) is 11.8 Å². The van der Waals surface area contributed by atoms with E-state index in [0.717, 1.165) is 6.92 Å². The Morgan fingerprint density at radius 1 is 0.750 bits per heavy atom. The van der Waals surface area contributed by atoms with Gasteiger partial charge in [-0.2, -0.15) is 0 Å². The molecule has 0 aliphatic rings. The molecule has 15 nitrogen and oxygen atoms in total. The second kappa shape index (κ2) is 19.2. The van der Waals surface area contributed by atoms with Crippen LogP contribution >= 0.6 is 67.8 Å². The first-order chi connectivity index (χ1) is 20.5. The van der Waals surface area contributed by atoms with E-state index in [0.29, 0.717) is 7.14 Å². The number of nitrogens with zero attached hydrogens (tertiary/aromatic N) is 1. The van der Waals surface area contributed by atoms with Crippen LogP contribution in [-0.4, -0.2) is 106 Å². The number of benzene rings is 1. The number of carbonyl (C=O) groups is 7. The summed E-state index contributed by atoms with van der Waals surface area (Å²) in [4.78, 5) is 86.8. The fourth-order valence-corrected chi connectivity index (χ4v) is 7.88. The lowest BCUT2D eigenvalue weighted by molar-refractivity contribution is -0.156. The van der Waals surface area contributed by atoms with E-state index in [9.17, 15) is 33.6 Å². The smallest absolute Gasteiger partial charge is 0.303 e. The monoisotopic (exact) mass is 959 g/mol. The van der Waals surface area contributed by atoms with Crippen molar-refractivity contribution in [2.75, 3.05) is 52.4 Å². The maximum Gasteiger partial charge on any atom is 0.303 e. The summed E-state index contributed by atoms with van der Waals surface area (Å²) in [5.41, 5.74) is 0.252. The quantitative estimate of drug-likeness (QED) is 0.148. The number of hydrogen-bond donors (Lipinski definition) is 2. The van der Waals surface area contributed by atoms with Crippen LogP contribution in [0.2, 0.25) is 0 Å². The Hall–Kier alpha value is -2.34. The topological polar surface area (TPSA) is 193 Å². The molecule has 1 rings (SSSR count). The van der Waals surface area contributed by atoms with Gasteiger partial charge in [-0.3, -0.25) is 33.6 Å². The number of halogens is 3. The largest absolute Gasteiger partial charge is 0.462 e. The van der Waals surface area contributed by atoms with Crippen LogP contribution in [0.5, 0.6) is 0 Å². The zero-order valence-electron chi connectivity index (χ0n) is 24.7. The Bertz CT molecular complexity index is 1290. The molecule has 0 spiro atoms. The van der Waals surface area contributed by atoms with Crippen molar-refractivity contribution >= 4 is 115 Å². The third-order valence-corrected chi connectivity index (χ3v) is 8.46. The molecule has 0 unspecified atom stereocenters. The fraction of sp³-hybridized carbons (Fsp3) is 0.500. The van der Waals surface area contributed by atoms with Gasteiger partial charge in [-0.05, 0) is 67.8 Å². The highest BCUT2D eigenvalue weighted by Crippen LogP contribution is 2.36. The van der Waals surface area contributed by atoms with E-state index >= 15 is 0 Å². The van der Waals surface area contributed by atoms with Crippen LogP contribution < -0.4 is 10.6 Å². The summed E-state index contributed by atoms with van der Waals surface area (Å²) in [6.45, 7) is 3.39. The molecular weight excluding hydrogens is 927 g/mol. The lowest BCUT2D eigenvalue weighted by Gasteiger charge is -2.26. The van der Waals surface area contributed by atoms with E-state index in [-0.39, 0.29) is 53.3 Å². The highest BCUT2D eigenvalue weighted by molar-refractivity contribution is 14.1. The number of carbonyl (C=O) groups excluding carboxylic acids is 7. The Morgan fingerprint density at radius 3 is 1.75 bits per heavy atom. The average Bonchev–Trinajstić information content (AvgIpc) is 2.90. The Balaban J connectivity index is 3.56. The van der Waals surface area contributed by atoms with E-state index in [4.69, 9.17) is 23.7 Å². The van der Waals surface area contributed by atoms with Gasteiger partial charge in [0.15, 0.2) is 12.2 Å². The molecule has 0 aromatic heterocycles. The highest BCUT2D eigenvalue weighted by Gasteiger charge is 2.31. The molecule has 244 valence electrons. The van der Waals surface area contributed by atoms with E-state index in [1.54, 1.807) is 0 Å². The Labute approximate surface area is 294 Å². The molecule has 1 aromatic carbocycles. The molecule has 1 aromatic rings. The first kappa shape index (κ1) is 39.7. The Kier molecular flexibility index (Phi) is 17.3. The van der Waals surface area contributed by atoms with Crippen molar-refractivity contribution in [3.8, 4) is 0 Å². The van der Waals surface area contributed by atoms with Gasteiger partial charge in [0.05, 0.1) is 37.0 Å². The molecule has 2 N–H and O–H groups in total. The molecule has 0 aliphatic carbocycles. The first-order valence-corrected chi connectivity index (χ1v) is 15.9. The number of rotatable bonds is 15. The van der Waals surface area contributed by atoms with Gasteiger partial charge < -0.3 is 39.2 Å². The van der Waals surface area contributed by atoms with Crippen molar-refractivity contribution in [3.63, 3.8) is 0 Å². The number of anilines is 1. The van der Waals surface area contributed by atoms with Crippen LogP contribution in [-0.2, 0) is 47.7 Å². The SMILES string of the molecule is COCC(=O)Nc1c(I)c(C(=O)NC[C@@H](COC(C)=O)OC(C)=O)c(I)c(C(=O)N(C)C[C@H](COC(C)=O)OC(C)=O)c1I. The molecule has 44 heavy (non-hydrogen) atoms. The van der Waals surface area contributed by atoms with E-state index in [1.807, 2.05) is 67.8 Å². The normalized spacial score (nSPS) is 11.8. The van der Waals surface area contributed by atoms with Crippen molar-refractivity contribution in [1.82, 2.24) is 10.2 Å². The van der Waals surface area contributed by atoms with E-state index in [2.05, 4.69) is 10.6 Å². The first-order valence-electron chi connectivity index (χ1n) is 12.6. The maximum atomic E-state index is 13.8. The third-order valence-electron chi connectivity index (χ3n) is 5.22. The van der Waals surface area contributed by atoms with Crippen LogP contribution in [0.3, 0.4) is 0 Å². The van der Waals surface area contributed by atoms with Gasteiger partial charge in [0.1, 0.15) is 19.8 Å². The second-order valence-electron chi connectivity index (χ2n) is 9.01. The van der Waals surface area contributed by atoms with Crippen LogP contribution in [0, 0.1) is 10.7 Å². The number of nitrogens with one attached hydrogen (secondary N) is 2. The summed E-state index contributed by atoms with van der Waals surface area (Å²) in [5.74, 6) is -4.34. The molecule has 0 fully saturated rings. The lowest BCUT2D eigenvalue weighted by Crippen LogP contribution is -2.40. The zero-order valence-corrected chi connectivity index (χ0v) is 31.1. The molecular formula is C26H32I3N3O12. The number of methoxy groups -OCH3 is 1. The summed E-state index contributed by atoms with van der Waals surface area (Å²) >= 11 is 5.59. The minimum Gasteiger partial charge on any atom is -0.462 e. The highest BCUT2D eigenvalue weighted by atomic mass is 127. The Morgan fingerprint density at radius 2 is 1.25 bits per heavy atom. The van der Waals surface area contributed by atoms with Gasteiger partial charge in [0.2, 0.25) is 5.91 Å². The van der Waals surface area contributed by atoms with Gasteiger partial charge in [-0.15, -0.1) is 0 Å². The minimum absolute atomic E-state index is 0.0293. The molecule has 0 bridgehead atoms. The molecule has 0 radical (unpaired) electrons. The predicted octanol–water partition coefficient (Wildman–Crippen LogP) is 1.88. The molecule has 18 heteroatoms.